The Morgan fingerprint density at radius 2 is 1.57 bits per heavy atom. The molecule has 492 valence electrons. The minimum Gasteiger partial charge on any atom is -0.494 e. The van der Waals surface area contributed by atoms with Crippen LogP contribution in [0.2, 0.25) is 5.02 Å². The number of primary amides is 1. The highest BCUT2D eigenvalue weighted by Crippen LogP contribution is 2.57. The van der Waals surface area contributed by atoms with Crippen LogP contribution < -0.4 is 35.9 Å². The Hall–Kier alpha value is -7.27. The van der Waals surface area contributed by atoms with Crippen molar-refractivity contribution in [3.8, 4) is 38.8 Å². The lowest BCUT2D eigenvalue weighted by Crippen LogP contribution is -2.59. The van der Waals surface area contributed by atoms with E-state index in [0.29, 0.717) is 67.7 Å². The van der Waals surface area contributed by atoms with Gasteiger partial charge < -0.3 is 55.7 Å². The second kappa shape index (κ2) is 27.0. The Morgan fingerprint density at radius 3 is 2.18 bits per heavy atom. The average molecular weight is 1310 g/mol. The number of aryl methyl sites for hydroxylation is 1. The molecule has 5 heterocycles. The molecular formula is C69H82ClF3N8O10S. The van der Waals surface area contributed by atoms with E-state index in [-0.39, 0.29) is 102 Å². The smallest absolute Gasteiger partial charge is 0.260 e. The fourth-order valence-corrected chi connectivity index (χ4v) is 15.5. The Morgan fingerprint density at radius 1 is 0.891 bits per heavy atom. The summed E-state index contributed by atoms with van der Waals surface area (Å²) in [6, 6.07) is 16.8. The Bertz CT molecular complexity index is 3620. The molecular weight excluding hydrogens is 1230 g/mol. The van der Waals surface area contributed by atoms with Crippen molar-refractivity contribution in [3.63, 3.8) is 0 Å². The number of rotatable bonds is 19. The molecule has 6 amide bonds. The number of benzene rings is 4. The van der Waals surface area contributed by atoms with Crippen LogP contribution in [0, 0.1) is 41.7 Å². The van der Waals surface area contributed by atoms with Crippen LogP contribution in [0.4, 0.5) is 13.2 Å². The molecule has 0 radical (unpaired) electrons. The van der Waals surface area contributed by atoms with E-state index in [1.807, 2.05) is 72.2 Å². The zero-order valence-corrected chi connectivity index (χ0v) is 54.5. The van der Waals surface area contributed by atoms with E-state index in [9.17, 15) is 38.3 Å². The molecule has 6 N–H and O–H groups in total. The number of piperidine rings is 2. The lowest BCUT2D eigenvalue weighted by molar-refractivity contribution is -0.145. The van der Waals surface area contributed by atoms with Crippen LogP contribution in [-0.2, 0) is 36.1 Å². The molecule has 0 bridgehead atoms. The SMILES string of the molecule is COc1ccc(C(N)=O)c(-c2c(Cl)c(F)cc3c2[C@H](C)[C@@](CNC2CCC(C(=O)N4CCC(C5CCN(C(=O)COc6cc(-c7scnc7C)ccc6CNC(=O)[C@@H]6C[C@@H](O)CN6C(=O)[C@@H](NC(=O)C6(F)CC6)C(C)(C)C)CC5)CC4)CC2)(c2ccccc2)O3)c1F. The van der Waals surface area contributed by atoms with Crippen LogP contribution in [0.25, 0.3) is 21.6 Å². The number of aliphatic hydroxyl groups is 1. The lowest BCUT2D eigenvalue weighted by Gasteiger charge is -2.41. The standard InChI is InChI=1S/C69H82ClF3N8O10S/c1-38-55-53(32-49(71)58(70)57(55)56-48(62(74)84)18-19-51(89-6)59(56)72)91-69(38,45-10-8-7-9-11-45)36-76-46-16-14-42(15-17-46)64(86)80-28-22-41(23-29-80)40-20-26-79(27-21-40)54(83)35-90-52-30-43(60-39(2)77-37-92-60)12-13-44(52)33-75-63(85)50-31-47(82)34-81(50)65(87)61(67(3,4)5)78-66(88)68(73)24-25-68/h7-13,18-19,30,32,37-38,40-42,46-47,50,61,76,82H,14-17,20-29,31,33-36H2,1-6H3,(H2,74,84)(H,75,85)(H,78,88)/t38-,42?,46?,47+,50-,61+,69-/m0/s1. The summed E-state index contributed by atoms with van der Waals surface area (Å²) in [7, 11) is 1.29. The van der Waals surface area contributed by atoms with Gasteiger partial charge in [-0.2, -0.15) is 0 Å². The summed E-state index contributed by atoms with van der Waals surface area (Å²) in [5.41, 5.74) is 6.56. The fourth-order valence-electron chi connectivity index (χ4n) is 14.5. The van der Waals surface area contributed by atoms with Gasteiger partial charge in [0.1, 0.15) is 29.4 Å². The molecule has 5 fully saturated rings. The number of nitrogens with two attached hydrogens (primary N) is 1. The van der Waals surface area contributed by atoms with E-state index >= 15 is 8.78 Å². The molecule has 18 nitrogen and oxygen atoms in total. The van der Waals surface area contributed by atoms with Crippen molar-refractivity contribution >= 4 is 58.4 Å². The van der Waals surface area contributed by atoms with E-state index < -0.39 is 76.1 Å². The monoisotopic (exact) mass is 1310 g/mol. The van der Waals surface area contributed by atoms with E-state index in [0.717, 1.165) is 60.2 Å². The van der Waals surface area contributed by atoms with Gasteiger partial charge >= 0.3 is 0 Å². The number of carbonyl (C=O) groups is 6. The number of hydrogen-bond acceptors (Lipinski definition) is 13. The summed E-state index contributed by atoms with van der Waals surface area (Å²) in [5, 5.41) is 19.6. The van der Waals surface area contributed by atoms with Crippen molar-refractivity contribution in [1.82, 2.24) is 35.6 Å². The first-order valence-electron chi connectivity index (χ1n) is 32.0. The van der Waals surface area contributed by atoms with Crippen LogP contribution in [0.3, 0.4) is 0 Å². The predicted molar refractivity (Wildman–Crippen MR) is 342 cm³/mol. The summed E-state index contributed by atoms with van der Waals surface area (Å²) < 4.78 is 65.4. The number of halogens is 4. The normalized spacial score (nSPS) is 23.5. The number of alkyl halides is 1. The molecule has 6 aliphatic rings. The van der Waals surface area contributed by atoms with Crippen LogP contribution in [-0.4, -0.2) is 143 Å². The predicted octanol–water partition coefficient (Wildman–Crippen LogP) is 9.53. The highest BCUT2D eigenvalue weighted by atomic mass is 35.5. The number of methoxy groups -OCH3 is 1. The highest BCUT2D eigenvalue weighted by Gasteiger charge is 2.54. The Labute approximate surface area is 543 Å². The summed E-state index contributed by atoms with van der Waals surface area (Å²) in [6.07, 6.45) is 5.46. The molecule has 92 heavy (non-hydrogen) atoms. The van der Waals surface area contributed by atoms with Crippen LogP contribution in [0.5, 0.6) is 17.2 Å². The zero-order chi connectivity index (χ0) is 65.6. The number of amides is 6. The number of hydrogen-bond donors (Lipinski definition) is 5. The number of thiazole rings is 1. The molecule has 1 aromatic heterocycles. The molecule has 11 rings (SSSR count). The summed E-state index contributed by atoms with van der Waals surface area (Å²) in [6.45, 7) is 11.5. The van der Waals surface area contributed by atoms with Crippen molar-refractivity contribution in [2.24, 2.45) is 28.9 Å². The van der Waals surface area contributed by atoms with Crippen molar-refractivity contribution < 1.29 is 61.3 Å². The maximum Gasteiger partial charge on any atom is 0.260 e. The van der Waals surface area contributed by atoms with Gasteiger partial charge in [-0.1, -0.05) is 81.8 Å². The average Bonchev–Trinajstić information content (AvgIpc) is 1.54. The third kappa shape index (κ3) is 13.4. The first-order chi connectivity index (χ1) is 43.9. The van der Waals surface area contributed by atoms with E-state index in [1.54, 1.807) is 26.3 Å². The minimum atomic E-state index is -2.01. The van der Waals surface area contributed by atoms with Crippen molar-refractivity contribution in [1.29, 1.82) is 0 Å². The maximum absolute atomic E-state index is 16.3. The van der Waals surface area contributed by atoms with Gasteiger partial charge in [-0.25, -0.2) is 18.2 Å². The number of ether oxygens (including phenoxy) is 3. The van der Waals surface area contributed by atoms with Gasteiger partial charge in [0, 0.05) is 98.4 Å². The molecule has 0 unspecified atom stereocenters. The molecule has 2 saturated carbocycles. The van der Waals surface area contributed by atoms with Gasteiger partial charge in [-0.3, -0.25) is 28.8 Å². The van der Waals surface area contributed by atoms with Gasteiger partial charge in [-0.15, -0.1) is 11.3 Å². The number of nitrogens with one attached hydrogen (secondary N) is 3. The number of fused-ring (bicyclic) bond motifs is 1. The number of aromatic nitrogens is 1. The molecule has 4 aromatic carbocycles. The summed E-state index contributed by atoms with van der Waals surface area (Å²) in [5.74, 6) is -4.07. The number of nitrogens with zero attached hydrogens (tertiary/aromatic N) is 4. The highest BCUT2D eigenvalue weighted by molar-refractivity contribution is 7.13. The second-order valence-corrected chi connectivity index (χ2v) is 28.2. The number of likely N-dealkylation sites (tertiary alicyclic amines) is 3. The molecule has 5 aromatic rings. The quantitative estimate of drug-likeness (QED) is 0.0520. The molecule has 2 aliphatic carbocycles. The number of carbonyl (C=O) groups excluding carboxylic acids is 6. The number of aliphatic hydroxyl groups excluding tert-OH is 1. The van der Waals surface area contributed by atoms with E-state index in [4.69, 9.17) is 31.5 Å². The lowest BCUT2D eigenvalue weighted by atomic mass is 9.77. The molecule has 4 aliphatic heterocycles. The van der Waals surface area contributed by atoms with Crippen LogP contribution >= 0.6 is 22.9 Å². The Balaban J connectivity index is 0.661. The molecule has 23 heteroatoms. The van der Waals surface area contributed by atoms with Gasteiger partial charge in [0.25, 0.3) is 11.8 Å². The fraction of sp³-hybridized carbons (Fsp3) is 0.522. The third-order valence-electron chi connectivity index (χ3n) is 20.1. The zero-order valence-electron chi connectivity index (χ0n) is 52.9. The van der Waals surface area contributed by atoms with E-state index in [1.165, 1.54) is 41.5 Å². The van der Waals surface area contributed by atoms with Crippen LogP contribution in [0.1, 0.15) is 137 Å². The van der Waals surface area contributed by atoms with Gasteiger partial charge in [0.15, 0.2) is 29.4 Å². The summed E-state index contributed by atoms with van der Waals surface area (Å²) in [4.78, 5) is 92.2. The molecule has 5 atom stereocenters. The topological polar surface area (TPSA) is 235 Å². The van der Waals surface area contributed by atoms with Crippen molar-refractivity contribution in [2.75, 3.05) is 53.0 Å². The Kier molecular flexibility index (Phi) is 19.4. The maximum atomic E-state index is 16.3. The van der Waals surface area contributed by atoms with Gasteiger partial charge in [0.2, 0.25) is 23.6 Å². The first-order valence-corrected chi connectivity index (χ1v) is 33.3. The van der Waals surface area contributed by atoms with Crippen LogP contribution in [0.15, 0.2) is 72.2 Å². The second-order valence-electron chi connectivity index (χ2n) is 26.9. The van der Waals surface area contributed by atoms with Crippen molar-refractivity contribution in [2.45, 2.75) is 153 Å². The van der Waals surface area contributed by atoms with Gasteiger partial charge in [0.05, 0.1) is 39.9 Å². The van der Waals surface area contributed by atoms with Crippen molar-refractivity contribution in [3.05, 3.63) is 117 Å². The minimum absolute atomic E-state index is 0.0210. The van der Waals surface area contributed by atoms with E-state index in [2.05, 4.69) is 20.9 Å². The molecule has 3 saturated heterocycles. The van der Waals surface area contributed by atoms with Gasteiger partial charge in [-0.05, 0) is 118 Å². The molecule has 0 spiro atoms. The number of β-amino-alcohol motifs (C(OH)–C–C–N with tert-alkyl or cyclic N) is 1. The summed E-state index contributed by atoms with van der Waals surface area (Å²) >= 11 is 8.20. The largest absolute Gasteiger partial charge is 0.494 e. The third-order valence-corrected chi connectivity index (χ3v) is 21.5. The first kappa shape index (κ1) is 66.2.